The van der Waals surface area contributed by atoms with Crippen molar-refractivity contribution in [2.24, 2.45) is 0 Å². The first kappa shape index (κ1) is 14.4. The minimum absolute atomic E-state index is 0.108. The Hall–Kier alpha value is -1.52. The van der Waals surface area contributed by atoms with Crippen LogP contribution in [0.4, 0.5) is 4.39 Å². The molecule has 1 aliphatic heterocycles. The fourth-order valence-electron chi connectivity index (χ4n) is 2.60. The van der Waals surface area contributed by atoms with Crippen molar-refractivity contribution in [3.63, 3.8) is 0 Å². The Morgan fingerprint density at radius 1 is 1.29 bits per heavy atom. The van der Waals surface area contributed by atoms with E-state index in [9.17, 15) is 9.18 Å². The normalized spacial score (nSPS) is 17.3. The Bertz CT molecular complexity index is 684. The highest BCUT2D eigenvalue weighted by atomic mass is 79.9. The van der Waals surface area contributed by atoms with Crippen molar-refractivity contribution in [1.82, 2.24) is 0 Å². The molecule has 21 heavy (non-hydrogen) atoms. The fourth-order valence-corrected chi connectivity index (χ4v) is 2.85. The first-order valence-electron chi connectivity index (χ1n) is 6.83. The molecule has 1 atom stereocenters. The van der Waals surface area contributed by atoms with Crippen LogP contribution in [0.1, 0.15) is 34.0 Å². The Morgan fingerprint density at radius 3 is 2.90 bits per heavy atom. The van der Waals surface area contributed by atoms with Gasteiger partial charge in [0.05, 0.1) is 17.2 Å². The molecule has 3 rings (SSSR count). The van der Waals surface area contributed by atoms with Gasteiger partial charge in [-0.25, -0.2) is 4.39 Å². The van der Waals surface area contributed by atoms with Gasteiger partial charge in [0.1, 0.15) is 5.82 Å². The molecule has 0 bridgehead atoms. The van der Waals surface area contributed by atoms with Gasteiger partial charge in [0.25, 0.3) is 0 Å². The van der Waals surface area contributed by atoms with Gasteiger partial charge >= 0.3 is 0 Å². The van der Waals surface area contributed by atoms with E-state index in [0.29, 0.717) is 16.6 Å². The summed E-state index contributed by atoms with van der Waals surface area (Å²) in [5.74, 6) is -0.533. The average molecular weight is 349 g/mol. The van der Waals surface area contributed by atoms with Gasteiger partial charge in [-0.05, 0) is 45.6 Å². The monoisotopic (exact) mass is 348 g/mol. The second kappa shape index (κ2) is 6.08. The zero-order chi connectivity index (χ0) is 14.8. The van der Waals surface area contributed by atoms with E-state index in [0.717, 1.165) is 12.0 Å². The Morgan fingerprint density at radius 2 is 2.10 bits per heavy atom. The maximum atomic E-state index is 13.5. The van der Waals surface area contributed by atoms with E-state index in [4.69, 9.17) is 4.74 Å². The first-order chi connectivity index (χ1) is 10.1. The molecule has 0 N–H and O–H groups in total. The van der Waals surface area contributed by atoms with Crippen molar-refractivity contribution < 1.29 is 13.9 Å². The van der Waals surface area contributed by atoms with Crippen LogP contribution < -0.4 is 0 Å². The number of ketones is 1. The highest BCUT2D eigenvalue weighted by Gasteiger charge is 2.23. The Kier molecular flexibility index (Phi) is 4.17. The first-order valence-corrected chi connectivity index (χ1v) is 7.62. The van der Waals surface area contributed by atoms with Crippen molar-refractivity contribution in [3.05, 3.63) is 69.4 Å². The fraction of sp³-hybridized carbons (Fsp3) is 0.235. The molecule has 0 saturated heterocycles. The number of hydrogen-bond acceptors (Lipinski definition) is 2. The van der Waals surface area contributed by atoms with E-state index < -0.39 is 5.82 Å². The zero-order valence-corrected chi connectivity index (χ0v) is 12.9. The van der Waals surface area contributed by atoms with Crippen LogP contribution >= 0.6 is 15.9 Å². The van der Waals surface area contributed by atoms with E-state index in [-0.39, 0.29) is 18.3 Å². The van der Waals surface area contributed by atoms with E-state index in [2.05, 4.69) is 22.0 Å². The van der Waals surface area contributed by atoms with Crippen LogP contribution in [0.15, 0.2) is 46.9 Å². The summed E-state index contributed by atoms with van der Waals surface area (Å²) in [6.45, 7) is 0.615. The largest absolute Gasteiger partial charge is 0.373 e. The van der Waals surface area contributed by atoms with Crippen LogP contribution in [0, 0.1) is 5.82 Å². The minimum Gasteiger partial charge on any atom is -0.373 e. The number of ether oxygens (including phenoxy) is 1. The van der Waals surface area contributed by atoms with Crippen LogP contribution in [-0.4, -0.2) is 12.4 Å². The molecule has 0 aliphatic carbocycles. The van der Waals surface area contributed by atoms with Gasteiger partial charge in [0.15, 0.2) is 5.78 Å². The molecule has 2 nitrogen and oxygen atoms in total. The summed E-state index contributed by atoms with van der Waals surface area (Å²) < 4.78 is 19.6. The van der Waals surface area contributed by atoms with Crippen molar-refractivity contribution in [3.8, 4) is 0 Å². The summed E-state index contributed by atoms with van der Waals surface area (Å²) in [4.78, 5) is 12.3. The lowest BCUT2D eigenvalue weighted by atomic mass is 9.93. The molecule has 2 aromatic carbocycles. The number of Topliss-reactive ketones (excluding diaryl/α,β-unsaturated/α-hetero) is 1. The van der Waals surface area contributed by atoms with Crippen LogP contribution in [-0.2, 0) is 11.2 Å². The zero-order valence-electron chi connectivity index (χ0n) is 11.3. The van der Waals surface area contributed by atoms with Crippen LogP contribution in [0.25, 0.3) is 0 Å². The summed E-state index contributed by atoms with van der Waals surface area (Å²) in [6.07, 6.45) is 0.862. The summed E-state index contributed by atoms with van der Waals surface area (Å²) in [5, 5.41) is 0. The third-order valence-electron chi connectivity index (χ3n) is 3.70. The number of rotatable bonds is 3. The lowest BCUT2D eigenvalue weighted by molar-refractivity contribution is 0.0352. The number of hydrogen-bond donors (Lipinski definition) is 0. The van der Waals surface area contributed by atoms with Gasteiger partial charge in [-0.3, -0.25) is 4.79 Å². The Balaban J connectivity index is 1.81. The molecule has 0 radical (unpaired) electrons. The van der Waals surface area contributed by atoms with E-state index in [1.807, 2.05) is 18.2 Å². The van der Waals surface area contributed by atoms with Crippen molar-refractivity contribution in [2.75, 3.05) is 6.61 Å². The SMILES string of the molecule is O=C(CC1OCCc2ccccc21)c1ccc(Br)c(F)c1. The quantitative estimate of drug-likeness (QED) is 0.764. The van der Waals surface area contributed by atoms with E-state index in [1.54, 1.807) is 12.1 Å². The van der Waals surface area contributed by atoms with Crippen LogP contribution in [0.2, 0.25) is 0 Å². The van der Waals surface area contributed by atoms with Crippen molar-refractivity contribution in [2.45, 2.75) is 18.9 Å². The topological polar surface area (TPSA) is 26.3 Å². The number of carbonyl (C=O) groups excluding carboxylic acids is 1. The minimum atomic E-state index is -0.425. The highest BCUT2D eigenvalue weighted by Crippen LogP contribution is 2.30. The van der Waals surface area contributed by atoms with Gasteiger partial charge in [-0.2, -0.15) is 0 Å². The molecular weight excluding hydrogens is 335 g/mol. The van der Waals surface area contributed by atoms with Gasteiger partial charge < -0.3 is 4.74 Å². The number of benzene rings is 2. The van der Waals surface area contributed by atoms with Gasteiger partial charge in [0, 0.05) is 12.0 Å². The molecular formula is C17H14BrFO2. The molecule has 0 saturated carbocycles. The molecule has 0 fully saturated rings. The van der Waals surface area contributed by atoms with Gasteiger partial charge in [-0.1, -0.05) is 30.3 Å². The van der Waals surface area contributed by atoms with E-state index in [1.165, 1.54) is 11.6 Å². The molecule has 0 spiro atoms. The summed E-state index contributed by atoms with van der Waals surface area (Å²) in [5.41, 5.74) is 2.67. The summed E-state index contributed by atoms with van der Waals surface area (Å²) in [6, 6.07) is 12.4. The maximum absolute atomic E-state index is 13.5. The van der Waals surface area contributed by atoms with Crippen LogP contribution in [0.3, 0.4) is 0 Å². The molecule has 0 aromatic heterocycles. The molecule has 1 heterocycles. The van der Waals surface area contributed by atoms with Gasteiger partial charge in [-0.15, -0.1) is 0 Å². The molecule has 1 unspecified atom stereocenters. The predicted molar refractivity (Wildman–Crippen MR) is 81.9 cm³/mol. The molecule has 4 heteroatoms. The smallest absolute Gasteiger partial charge is 0.165 e. The highest BCUT2D eigenvalue weighted by molar-refractivity contribution is 9.10. The van der Waals surface area contributed by atoms with Gasteiger partial charge in [0.2, 0.25) is 0 Å². The predicted octanol–water partition coefficient (Wildman–Crippen LogP) is 4.48. The molecule has 108 valence electrons. The van der Waals surface area contributed by atoms with Crippen molar-refractivity contribution >= 4 is 21.7 Å². The second-order valence-electron chi connectivity index (χ2n) is 5.06. The summed E-state index contributed by atoms with van der Waals surface area (Å²) in [7, 11) is 0. The third-order valence-corrected chi connectivity index (χ3v) is 4.35. The number of halogens is 2. The lowest BCUT2D eigenvalue weighted by Gasteiger charge is -2.25. The molecule has 2 aromatic rings. The molecule has 0 amide bonds. The van der Waals surface area contributed by atoms with Crippen LogP contribution in [0.5, 0.6) is 0 Å². The standard InChI is InChI=1S/C17H14BrFO2/c18-14-6-5-12(9-15(14)19)16(20)10-17-13-4-2-1-3-11(13)7-8-21-17/h1-6,9,17H,7-8,10H2. The maximum Gasteiger partial charge on any atom is 0.165 e. The third kappa shape index (κ3) is 3.06. The number of fused-ring (bicyclic) bond motifs is 1. The van der Waals surface area contributed by atoms with Crippen molar-refractivity contribution in [1.29, 1.82) is 0 Å². The van der Waals surface area contributed by atoms with E-state index >= 15 is 0 Å². The number of carbonyl (C=O) groups is 1. The average Bonchev–Trinajstić information content (AvgIpc) is 2.50. The Labute approximate surface area is 131 Å². The summed E-state index contributed by atoms with van der Waals surface area (Å²) >= 11 is 3.09. The lowest BCUT2D eigenvalue weighted by Crippen LogP contribution is -2.19. The second-order valence-corrected chi connectivity index (χ2v) is 5.92. The molecule has 1 aliphatic rings.